The van der Waals surface area contributed by atoms with E-state index in [9.17, 15) is 0 Å². The van der Waals surface area contributed by atoms with Crippen LogP contribution in [0.25, 0.3) is 0 Å². The second-order valence-corrected chi connectivity index (χ2v) is 5.46. The quantitative estimate of drug-likeness (QED) is 0.937. The third kappa shape index (κ3) is 2.82. The van der Waals surface area contributed by atoms with Gasteiger partial charge in [0.25, 0.3) is 0 Å². The van der Waals surface area contributed by atoms with Crippen molar-refractivity contribution in [3.63, 3.8) is 0 Å². The van der Waals surface area contributed by atoms with Crippen LogP contribution in [0, 0.1) is 0 Å². The second kappa shape index (κ2) is 5.25. The summed E-state index contributed by atoms with van der Waals surface area (Å²) in [7, 11) is 3.75. The van der Waals surface area contributed by atoms with Crippen molar-refractivity contribution in [1.29, 1.82) is 0 Å². The number of nitrogens with one attached hydrogen (secondary N) is 1. The van der Waals surface area contributed by atoms with E-state index in [-0.39, 0.29) is 5.28 Å². The van der Waals surface area contributed by atoms with Crippen molar-refractivity contribution in [1.82, 2.24) is 15.0 Å². The van der Waals surface area contributed by atoms with Gasteiger partial charge in [0.05, 0.1) is 0 Å². The van der Waals surface area contributed by atoms with Crippen molar-refractivity contribution in [2.75, 3.05) is 24.3 Å². The zero-order valence-corrected chi connectivity index (χ0v) is 12.2. The van der Waals surface area contributed by atoms with E-state index in [0.717, 1.165) is 6.42 Å². The van der Waals surface area contributed by atoms with E-state index in [2.05, 4.69) is 44.5 Å². The van der Waals surface area contributed by atoms with Gasteiger partial charge in [-0.25, -0.2) is 0 Å². The van der Waals surface area contributed by atoms with Gasteiger partial charge in [0.1, 0.15) is 0 Å². The molecule has 2 atom stereocenters. The molecule has 0 spiro atoms. The van der Waals surface area contributed by atoms with E-state index in [1.807, 2.05) is 20.2 Å². The third-order valence-electron chi connectivity index (χ3n) is 3.33. The molecule has 0 amide bonds. The summed E-state index contributed by atoms with van der Waals surface area (Å²) >= 11 is 5.92. The SMILES string of the molecule is CN(C)c1nc(Cl)nc(NC2CC2c2ccccc2)n1. The molecule has 1 aromatic heterocycles. The lowest BCUT2D eigenvalue weighted by atomic mass is 10.1. The first kappa shape index (κ1) is 13.1. The minimum absolute atomic E-state index is 0.211. The summed E-state index contributed by atoms with van der Waals surface area (Å²) < 4.78 is 0. The second-order valence-electron chi connectivity index (χ2n) is 5.13. The number of halogens is 1. The van der Waals surface area contributed by atoms with Gasteiger partial charge in [0, 0.05) is 26.1 Å². The molecule has 1 aliphatic carbocycles. The highest BCUT2D eigenvalue weighted by atomic mass is 35.5. The van der Waals surface area contributed by atoms with Crippen molar-refractivity contribution >= 4 is 23.5 Å². The van der Waals surface area contributed by atoms with Gasteiger partial charge in [-0.1, -0.05) is 30.3 Å². The Balaban J connectivity index is 1.71. The number of hydrogen-bond donors (Lipinski definition) is 1. The standard InChI is InChI=1S/C14H16ClN5/c1-20(2)14-18-12(15)17-13(19-14)16-11-8-10(11)9-6-4-3-5-7-9/h3-7,10-11H,8H2,1-2H3,(H,16,17,18,19). The lowest BCUT2D eigenvalue weighted by Gasteiger charge is -2.11. The van der Waals surface area contributed by atoms with E-state index in [1.165, 1.54) is 5.56 Å². The van der Waals surface area contributed by atoms with Crippen molar-refractivity contribution in [2.45, 2.75) is 18.4 Å². The fourth-order valence-electron chi connectivity index (χ4n) is 2.19. The zero-order chi connectivity index (χ0) is 14.1. The Morgan fingerprint density at radius 3 is 2.60 bits per heavy atom. The average molecular weight is 290 g/mol. The fraction of sp³-hybridized carbons (Fsp3) is 0.357. The van der Waals surface area contributed by atoms with Crippen molar-refractivity contribution in [2.24, 2.45) is 0 Å². The normalized spacial score (nSPS) is 20.6. The van der Waals surface area contributed by atoms with E-state index >= 15 is 0 Å². The minimum Gasteiger partial charge on any atom is -0.351 e. The largest absolute Gasteiger partial charge is 0.351 e. The summed E-state index contributed by atoms with van der Waals surface area (Å²) in [5.41, 5.74) is 1.35. The van der Waals surface area contributed by atoms with Crippen LogP contribution in [0.1, 0.15) is 17.9 Å². The molecule has 1 N–H and O–H groups in total. The van der Waals surface area contributed by atoms with Gasteiger partial charge >= 0.3 is 0 Å². The average Bonchev–Trinajstić information content (AvgIpc) is 3.18. The van der Waals surface area contributed by atoms with Gasteiger partial charge in [-0.3, -0.25) is 0 Å². The van der Waals surface area contributed by atoms with Crippen LogP contribution in [0.4, 0.5) is 11.9 Å². The van der Waals surface area contributed by atoms with Gasteiger partial charge in [-0.15, -0.1) is 0 Å². The molecule has 2 unspecified atom stereocenters. The van der Waals surface area contributed by atoms with Gasteiger partial charge < -0.3 is 10.2 Å². The first-order chi connectivity index (χ1) is 9.63. The number of benzene rings is 1. The minimum atomic E-state index is 0.211. The summed E-state index contributed by atoms with van der Waals surface area (Å²) in [6, 6.07) is 10.8. The molecule has 0 radical (unpaired) electrons. The van der Waals surface area contributed by atoms with Gasteiger partial charge in [0.15, 0.2) is 0 Å². The van der Waals surface area contributed by atoms with E-state index in [0.29, 0.717) is 23.9 Å². The smallest absolute Gasteiger partial charge is 0.230 e. The van der Waals surface area contributed by atoms with E-state index in [4.69, 9.17) is 11.6 Å². The lowest BCUT2D eigenvalue weighted by molar-refractivity contribution is 0.932. The van der Waals surface area contributed by atoms with Crippen LogP contribution in [0.2, 0.25) is 5.28 Å². The van der Waals surface area contributed by atoms with Crippen molar-refractivity contribution < 1.29 is 0 Å². The van der Waals surface area contributed by atoms with Crippen LogP contribution in [0.5, 0.6) is 0 Å². The van der Waals surface area contributed by atoms with Gasteiger partial charge in [0.2, 0.25) is 17.2 Å². The number of anilines is 2. The molecule has 104 valence electrons. The van der Waals surface area contributed by atoms with Crippen LogP contribution >= 0.6 is 11.6 Å². The molecule has 1 aliphatic rings. The highest BCUT2D eigenvalue weighted by Gasteiger charge is 2.38. The summed E-state index contributed by atoms with van der Waals surface area (Å²) in [6.07, 6.45) is 1.09. The van der Waals surface area contributed by atoms with Gasteiger partial charge in [-0.2, -0.15) is 15.0 Å². The summed E-state index contributed by atoms with van der Waals surface area (Å²) in [5.74, 6) is 1.62. The summed E-state index contributed by atoms with van der Waals surface area (Å²) in [5, 5.41) is 3.54. The molecule has 1 heterocycles. The molecular weight excluding hydrogens is 274 g/mol. The monoisotopic (exact) mass is 289 g/mol. The Kier molecular flexibility index (Phi) is 3.44. The maximum Gasteiger partial charge on any atom is 0.230 e. The van der Waals surface area contributed by atoms with Crippen LogP contribution in [0.15, 0.2) is 30.3 Å². The summed E-state index contributed by atoms with van der Waals surface area (Å²) in [6.45, 7) is 0. The van der Waals surface area contributed by atoms with Crippen LogP contribution in [-0.2, 0) is 0 Å². The molecule has 1 fully saturated rings. The lowest BCUT2D eigenvalue weighted by Crippen LogP contribution is -2.16. The summed E-state index contributed by atoms with van der Waals surface area (Å²) in [4.78, 5) is 14.4. The molecule has 0 aliphatic heterocycles. The highest BCUT2D eigenvalue weighted by Crippen LogP contribution is 2.42. The first-order valence-corrected chi connectivity index (χ1v) is 6.91. The molecule has 1 saturated carbocycles. The molecule has 6 heteroatoms. The third-order valence-corrected chi connectivity index (χ3v) is 3.50. The number of aromatic nitrogens is 3. The molecule has 5 nitrogen and oxygen atoms in total. The Labute approximate surface area is 123 Å². The number of hydrogen-bond acceptors (Lipinski definition) is 5. The molecule has 0 saturated heterocycles. The predicted octanol–water partition coefficient (Wildman–Crippen LogP) is 2.56. The Morgan fingerprint density at radius 2 is 1.90 bits per heavy atom. The van der Waals surface area contributed by atoms with Gasteiger partial charge in [-0.05, 0) is 23.6 Å². The molecule has 2 aromatic rings. The Bertz CT molecular complexity index is 602. The Morgan fingerprint density at radius 1 is 1.15 bits per heavy atom. The predicted molar refractivity (Wildman–Crippen MR) is 80.4 cm³/mol. The molecule has 20 heavy (non-hydrogen) atoms. The van der Waals surface area contributed by atoms with Crippen molar-refractivity contribution in [3.8, 4) is 0 Å². The van der Waals surface area contributed by atoms with E-state index in [1.54, 1.807) is 4.90 Å². The maximum absolute atomic E-state index is 5.92. The topological polar surface area (TPSA) is 53.9 Å². The van der Waals surface area contributed by atoms with Crippen LogP contribution < -0.4 is 10.2 Å². The van der Waals surface area contributed by atoms with Crippen LogP contribution in [-0.4, -0.2) is 35.1 Å². The molecule has 3 rings (SSSR count). The fourth-order valence-corrected chi connectivity index (χ4v) is 2.35. The maximum atomic E-state index is 5.92. The van der Waals surface area contributed by atoms with Crippen LogP contribution in [0.3, 0.4) is 0 Å². The van der Waals surface area contributed by atoms with Crippen molar-refractivity contribution in [3.05, 3.63) is 41.2 Å². The highest BCUT2D eigenvalue weighted by molar-refractivity contribution is 6.28. The zero-order valence-electron chi connectivity index (χ0n) is 11.4. The molecular formula is C14H16ClN5. The molecule has 0 bridgehead atoms. The van der Waals surface area contributed by atoms with E-state index < -0.39 is 0 Å². The number of nitrogens with zero attached hydrogens (tertiary/aromatic N) is 4. The Hall–Kier alpha value is -1.88. The first-order valence-electron chi connectivity index (χ1n) is 6.54. The molecule has 1 aromatic carbocycles. The number of rotatable bonds is 4.